The van der Waals surface area contributed by atoms with Crippen LogP contribution in [0.25, 0.3) is 0 Å². The van der Waals surface area contributed by atoms with E-state index < -0.39 is 24.3 Å². The van der Waals surface area contributed by atoms with E-state index in [2.05, 4.69) is 10.8 Å². The van der Waals surface area contributed by atoms with Crippen molar-refractivity contribution in [1.29, 1.82) is 0 Å². The van der Waals surface area contributed by atoms with Gasteiger partial charge in [-0.3, -0.25) is 0 Å². The number of hydrogen-bond acceptors (Lipinski definition) is 1. The van der Waals surface area contributed by atoms with Crippen molar-refractivity contribution in [3.63, 3.8) is 0 Å². The van der Waals surface area contributed by atoms with E-state index in [1.807, 2.05) is 13.0 Å². The zero-order valence-corrected chi connectivity index (χ0v) is 13.2. The zero-order valence-electron chi connectivity index (χ0n) is 13.2. The van der Waals surface area contributed by atoms with Crippen molar-refractivity contribution in [2.75, 3.05) is 0 Å². The summed E-state index contributed by atoms with van der Waals surface area (Å²) in [6.45, 7) is 1.53. The van der Waals surface area contributed by atoms with Crippen molar-refractivity contribution in [3.05, 3.63) is 47.5 Å². The third-order valence-electron chi connectivity index (χ3n) is 4.32. The molecule has 1 saturated carbocycles. The molecule has 0 spiro atoms. The van der Waals surface area contributed by atoms with Crippen LogP contribution in [0.3, 0.4) is 0 Å². The molecule has 0 amide bonds. The Kier molecular flexibility index (Phi) is 6.22. The second kappa shape index (κ2) is 7.95. The highest BCUT2D eigenvalue weighted by Gasteiger charge is 2.35. The van der Waals surface area contributed by atoms with E-state index in [1.165, 1.54) is 6.07 Å². The van der Waals surface area contributed by atoms with Gasteiger partial charge in [-0.15, -0.1) is 0 Å². The summed E-state index contributed by atoms with van der Waals surface area (Å²) in [5.74, 6) is -1.63. The molecule has 23 heavy (non-hydrogen) atoms. The summed E-state index contributed by atoms with van der Waals surface area (Å²) >= 11 is 0. The number of ether oxygens (including phenoxy) is 1. The monoisotopic (exact) mass is 330 g/mol. The van der Waals surface area contributed by atoms with Gasteiger partial charge in [-0.1, -0.05) is 18.2 Å². The molecule has 1 aliphatic rings. The SMILES string of the molecule is C/C=C/C1CCC(CC(F)(F)OCc2ccc(F)c(F)c2)CC1. The minimum atomic E-state index is -3.25. The van der Waals surface area contributed by atoms with Crippen LogP contribution in [0.1, 0.15) is 44.6 Å². The first-order valence-electron chi connectivity index (χ1n) is 7.98. The summed E-state index contributed by atoms with van der Waals surface area (Å²) in [5, 5.41) is 0. The molecule has 128 valence electrons. The van der Waals surface area contributed by atoms with E-state index in [4.69, 9.17) is 0 Å². The van der Waals surface area contributed by atoms with E-state index >= 15 is 0 Å². The van der Waals surface area contributed by atoms with Crippen molar-refractivity contribution in [3.8, 4) is 0 Å². The topological polar surface area (TPSA) is 9.23 Å². The van der Waals surface area contributed by atoms with E-state index in [0.29, 0.717) is 5.92 Å². The fourth-order valence-corrected chi connectivity index (χ4v) is 3.07. The molecule has 0 unspecified atom stereocenters. The zero-order chi connectivity index (χ0) is 16.9. The maximum Gasteiger partial charge on any atom is 0.356 e. The van der Waals surface area contributed by atoms with Crippen molar-refractivity contribution < 1.29 is 22.3 Å². The first-order valence-corrected chi connectivity index (χ1v) is 7.98. The van der Waals surface area contributed by atoms with Gasteiger partial charge in [0.05, 0.1) is 6.61 Å². The quantitative estimate of drug-likeness (QED) is 0.470. The molecular formula is C18H22F4O. The molecule has 1 aromatic rings. The highest BCUT2D eigenvalue weighted by Crippen LogP contribution is 2.37. The first-order chi connectivity index (χ1) is 10.9. The van der Waals surface area contributed by atoms with Gasteiger partial charge >= 0.3 is 6.11 Å². The molecule has 1 aliphatic carbocycles. The summed E-state index contributed by atoms with van der Waals surface area (Å²) in [7, 11) is 0. The molecule has 0 aromatic heterocycles. The Hall–Kier alpha value is -1.36. The fourth-order valence-electron chi connectivity index (χ4n) is 3.07. The maximum atomic E-state index is 13.9. The third-order valence-corrected chi connectivity index (χ3v) is 4.32. The van der Waals surface area contributed by atoms with Gasteiger partial charge in [0.15, 0.2) is 11.6 Å². The lowest BCUT2D eigenvalue weighted by atomic mass is 9.80. The Labute approximate surface area is 134 Å². The second-order valence-electron chi connectivity index (χ2n) is 6.19. The van der Waals surface area contributed by atoms with Crippen LogP contribution >= 0.6 is 0 Å². The van der Waals surface area contributed by atoms with Crippen LogP contribution in [0.5, 0.6) is 0 Å². The Balaban J connectivity index is 1.81. The van der Waals surface area contributed by atoms with Gasteiger partial charge in [0.1, 0.15) is 0 Å². The minimum Gasteiger partial charge on any atom is -0.316 e. The molecule has 0 atom stereocenters. The summed E-state index contributed by atoms with van der Waals surface area (Å²) in [4.78, 5) is 0. The average molecular weight is 330 g/mol. The van der Waals surface area contributed by atoms with Crippen LogP contribution in [0.4, 0.5) is 17.6 Å². The van der Waals surface area contributed by atoms with Crippen molar-refractivity contribution in [2.45, 2.75) is 51.7 Å². The van der Waals surface area contributed by atoms with Gasteiger partial charge in [-0.05, 0) is 62.1 Å². The predicted molar refractivity (Wildman–Crippen MR) is 81.0 cm³/mol. The summed E-state index contributed by atoms with van der Waals surface area (Å²) in [5.41, 5.74) is 0.195. The van der Waals surface area contributed by atoms with Crippen LogP contribution in [0, 0.1) is 23.5 Å². The van der Waals surface area contributed by atoms with E-state index in [9.17, 15) is 17.6 Å². The van der Waals surface area contributed by atoms with E-state index in [1.54, 1.807) is 0 Å². The van der Waals surface area contributed by atoms with Crippen molar-refractivity contribution in [1.82, 2.24) is 0 Å². The fraction of sp³-hybridized carbons (Fsp3) is 0.556. The molecule has 0 radical (unpaired) electrons. The predicted octanol–water partition coefficient (Wildman–Crippen LogP) is 5.85. The molecule has 1 nitrogen and oxygen atoms in total. The molecule has 1 aromatic carbocycles. The summed E-state index contributed by atoms with van der Waals surface area (Å²) in [6.07, 6.45) is 3.95. The van der Waals surface area contributed by atoms with Gasteiger partial charge in [0, 0.05) is 6.42 Å². The number of halogens is 4. The molecule has 0 heterocycles. The average Bonchev–Trinajstić information content (AvgIpc) is 2.51. The molecule has 5 heteroatoms. The summed E-state index contributed by atoms with van der Waals surface area (Å²) in [6, 6.07) is 3.04. The van der Waals surface area contributed by atoms with Gasteiger partial charge in [0.2, 0.25) is 0 Å². The Morgan fingerprint density at radius 1 is 1.13 bits per heavy atom. The minimum absolute atomic E-state index is 0.0588. The van der Waals surface area contributed by atoms with Crippen LogP contribution in [-0.4, -0.2) is 6.11 Å². The smallest absolute Gasteiger partial charge is 0.316 e. The molecule has 1 fully saturated rings. The van der Waals surface area contributed by atoms with Gasteiger partial charge in [-0.25, -0.2) is 8.78 Å². The normalized spacial score (nSPS) is 22.7. The van der Waals surface area contributed by atoms with Gasteiger partial charge in [-0.2, -0.15) is 8.78 Å². The third kappa shape index (κ3) is 5.65. The Morgan fingerprint density at radius 3 is 2.43 bits per heavy atom. The maximum absolute atomic E-state index is 13.9. The molecule has 0 saturated heterocycles. The lowest BCUT2D eigenvalue weighted by Gasteiger charge is -2.29. The number of rotatable bonds is 6. The molecular weight excluding hydrogens is 308 g/mol. The standard InChI is InChI=1S/C18H22F4O/c1-2-3-13-4-6-14(7-5-13)11-18(21,22)23-12-15-8-9-16(19)17(20)10-15/h2-3,8-10,13-14H,4-7,11-12H2,1H3/b3-2+. The largest absolute Gasteiger partial charge is 0.356 e. The number of hydrogen-bond donors (Lipinski definition) is 0. The molecule has 0 N–H and O–H groups in total. The lowest BCUT2D eigenvalue weighted by molar-refractivity contribution is -0.256. The molecule has 0 aliphatic heterocycles. The number of allylic oxidation sites excluding steroid dienone is 2. The molecule has 0 bridgehead atoms. The van der Waals surface area contributed by atoms with E-state index in [-0.39, 0.29) is 17.9 Å². The van der Waals surface area contributed by atoms with Crippen molar-refractivity contribution in [2.24, 2.45) is 11.8 Å². The highest BCUT2D eigenvalue weighted by molar-refractivity contribution is 5.16. The van der Waals surface area contributed by atoms with Crippen LogP contribution < -0.4 is 0 Å². The van der Waals surface area contributed by atoms with Crippen molar-refractivity contribution >= 4 is 0 Å². The van der Waals surface area contributed by atoms with E-state index in [0.717, 1.165) is 37.8 Å². The number of benzene rings is 1. The summed E-state index contributed by atoms with van der Waals surface area (Å²) < 4.78 is 58.3. The Morgan fingerprint density at radius 2 is 1.83 bits per heavy atom. The van der Waals surface area contributed by atoms with Gasteiger partial charge < -0.3 is 4.74 Å². The van der Waals surface area contributed by atoms with Crippen LogP contribution in [-0.2, 0) is 11.3 Å². The highest BCUT2D eigenvalue weighted by atomic mass is 19.3. The lowest BCUT2D eigenvalue weighted by Crippen LogP contribution is -2.27. The van der Waals surface area contributed by atoms with Gasteiger partial charge in [0.25, 0.3) is 0 Å². The van der Waals surface area contributed by atoms with Crippen LogP contribution in [0.2, 0.25) is 0 Å². The number of alkyl halides is 2. The second-order valence-corrected chi connectivity index (χ2v) is 6.19. The molecule has 2 rings (SSSR count). The van der Waals surface area contributed by atoms with Crippen LogP contribution in [0.15, 0.2) is 30.4 Å². The first kappa shape index (κ1) is 18.0. The Bertz CT molecular complexity index is 534.